The molecule has 1 aliphatic carbocycles. The minimum absolute atomic E-state index is 0.0621. The zero-order valence-electron chi connectivity index (χ0n) is 13.5. The van der Waals surface area contributed by atoms with Gasteiger partial charge in [-0.1, -0.05) is 25.8 Å². The zero-order valence-corrected chi connectivity index (χ0v) is 13.5. The average Bonchev–Trinajstić information content (AvgIpc) is 2.54. The van der Waals surface area contributed by atoms with Crippen molar-refractivity contribution in [3.05, 3.63) is 30.1 Å². The Bertz CT molecular complexity index is 452. The fourth-order valence-electron chi connectivity index (χ4n) is 2.87. The highest BCUT2D eigenvalue weighted by molar-refractivity contribution is 5.74. The molecule has 1 aliphatic rings. The number of hydrogen-bond acceptors (Lipinski definition) is 3. The minimum Gasteiger partial charge on any atom is -0.376 e. The van der Waals surface area contributed by atoms with Crippen LogP contribution in [0.15, 0.2) is 24.5 Å². The highest BCUT2D eigenvalue weighted by Crippen LogP contribution is 2.25. The number of rotatable bonds is 6. The first-order chi connectivity index (χ1) is 10.7. The predicted octanol–water partition coefficient (Wildman–Crippen LogP) is 3.04. The van der Waals surface area contributed by atoms with Gasteiger partial charge in [0.25, 0.3) is 0 Å². The molecule has 0 unspecified atom stereocenters. The van der Waals surface area contributed by atoms with Gasteiger partial charge in [0.1, 0.15) is 0 Å². The van der Waals surface area contributed by atoms with E-state index in [4.69, 9.17) is 4.74 Å². The number of carbonyl (C=O) groups excluding carboxylic acids is 1. The summed E-state index contributed by atoms with van der Waals surface area (Å²) in [5.74, 6) is 0.633. The Morgan fingerprint density at radius 1 is 1.45 bits per heavy atom. The number of pyridine rings is 1. The van der Waals surface area contributed by atoms with Crippen LogP contribution in [0, 0.1) is 5.92 Å². The fourth-order valence-corrected chi connectivity index (χ4v) is 2.87. The van der Waals surface area contributed by atoms with E-state index < -0.39 is 0 Å². The van der Waals surface area contributed by atoms with Crippen molar-refractivity contribution in [1.82, 2.24) is 15.6 Å². The smallest absolute Gasteiger partial charge is 0.315 e. The average molecular weight is 305 g/mol. The molecule has 0 aliphatic heterocycles. The fraction of sp³-hybridized carbons (Fsp3) is 0.647. The zero-order chi connectivity index (χ0) is 15.8. The molecule has 5 nitrogen and oxygen atoms in total. The number of carbonyl (C=O) groups is 1. The van der Waals surface area contributed by atoms with Crippen molar-refractivity contribution in [2.45, 2.75) is 51.7 Å². The van der Waals surface area contributed by atoms with Gasteiger partial charge in [0.2, 0.25) is 0 Å². The molecule has 3 atom stereocenters. The van der Waals surface area contributed by atoms with E-state index in [2.05, 4.69) is 22.5 Å². The van der Waals surface area contributed by atoms with Crippen LogP contribution >= 0.6 is 0 Å². The molecule has 122 valence electrons. The van der Waals surface area contributed by atoms with Crippen LogP contribution in [-0.2, 0) is 4.74 Å². The lowest BCUT2D eigenvalue weighted by Crippen LogP contribution is -2.39. The molecule has 2 N–H and O–H groups in total. The molecule has 1 saturated carbocycles. The molecule has 1 aromatic heterocycles. The largest absolute Gasteiger partial charge is 0.376 e. The number of hydrogen-bond donors (Lipinski definition) is 2. The van der Waals surface area contributed by atoms with Crippen LogP contribution in [0.5, 0.6) is 0 Å². The Morgan fingerprint density at radius 3 is 3.00 bits per heavy atom. The van der Waals surface area contributed by atoms with Crippen LogP contribution in [0.3, 0.4) is 0 Å². The molecule has 2 amide bonds. The van der Waals surface area contributed by atoms with Gasteiger partial charge < -0.3 is 15.4 Å². The summed E-state index contributed by atoms with van der Waals surface area (Å²) < 4.78 is 5.88. The second-order valence-electron chi connectivity index (χ2n) is 6.08. The normalized spacial score (nSPS) is 22.8. The van der Waals surface area contributed by atoms with Gasteiger partial charge in [0.15, 0.2) is 0 Å². The highest BCUT2D eigenvalue weighted by atomic mass is 16.5. The van der Waals surface area contributed by atoms with Crippen molar-refractivity contribution in [2.75, 3.05) is 13.2 Å². The lowest BCUT2D eigenvalue weighted by molar-refractivity contribution is -0.00244. The molecule has 0 bridgehead atoms. The maximum absolute atomic E-state index is 11.8. The summed E-state index contributed by atoms with van der Waals surface area (Å²) in [7, 11) is 0. The molecule has 0 spiro atoms. The van der Waals surface area contributed by atoms with Crippen LogP contribution in [-0.4, -0.2) is 30.3 Å². The van der Waals surface area contributed by atoms with Crippen LogP contribution < -0.4 is 10.6 Å². The number of amides is 2. The van der Waals surface area contributed by atoms with E-state index >= 15 is 0 Å². The van der Waals surface area contributed by atoms with Crippen molar-refractivity contribution >= 4 is 6.03 Å². The topological polar surface area (TPSA) is 63.2 Å². The number of nitrogens with zero attached hydrogens (tertiary/aromatic N) is 1. The Balaban J connectivity index is 1.61. The van der Waals surface area contributed by atoms with Gasteiger partial charge in [0, 0.05) is 18.9 Å². The van der Waals surface area contributed by atoms with Crippen LogP contribution in [0.4, 0.5) is 4.79 Å². The monoisotopic (exact) mass is 305 g/mol. The number of nitrogens with one attached hydrogen (secondary N) is 2. The Morgan fingerprint density at radius 2 is 2.27 bits per heavy atom. The summed E-state index contributed by atoms with van der Waals surface area (Å²) in [4.78, 5) is 15.9. The van der Waals surface area contributed by atoms with Crippen molar-refractivity contribution in [3.63, 3.8) is 0 Å². The Kier molecular flexibility index (Phi) is 6.65. The maximum Gasteiger partial charge on any atom is 0.315 e. The highest BCUT2D eigenvalue weighted by Gasteiger charge is 2.21. The first-order valence-electron chi connectivity index (χ1n) is 8.22. The van der Waals surface area contributed by atoms with E-state index in [-0.39, 0.29) is 12.1 Å². The molecular formula is C17H27N3O2. The SMILES string of the molecule is C[C@H](NC(=O)NCCO[C@H]1CCCC[C@@H]1C)c1cccnc1. The summed E-state index contributed by atoms with van der Waals surface area (Å²) >= 11 is 0. The van der Waals surface area contributed by atoms with Gasteiger partial charge in [-0.05, 0) is 37.3 Å². The third kappa shape index (κ3) is 5.30. The van der Waals surface area contributed by atoms with Gasteiger partial charge in [-0.15, -0.1) is 0 Å². The number of urea groups is 1. The van der Waals surface area contributed by atoms with Gasteiger partial charge in [-0.25, -0.2) is 4.79 Å². The van der Waals surface area contributed by atoms with E-state index in [0.717, 1.165) is 12.0 Å². The molecule has 0 saturated heterocycles. The van der Waals surface area contributed by atoms with Gasteiger partial charge >= 0.3 is 6.03 Å². The first-order valence-corrected chi connectivity index (χ1v) is 8.22. The van der Waals surface area contributed by atoms with Crippen molar-refractivity contribution in [1.29, 1.82) is 0 Å². The molecule has 5 heteroatoms. The molecule has 1 aromatic rings. The molecule has 1 fully saturated rings. The second kappa shape index (κ2) is 8.73. The van der Waals surface area contributed by atoms with Gasteiger partial charge in [-0.3, -0.25) is 4.98 Å². The second-order valence-corrected chi connectivity index (χ2v) is 6.08. The summed E-state index contributed by atoms with van der Waals surface area (Å²) in [5.41, 5.74) is 0.991. The summed E-state index contributed by atoms with van der Waals surface area (Å²) in [6.07, 6.45) is 8.80. The number of ether oxygens (including phenoxy) is 1. The lowest BCUT2D eigenvalue weighted by Gasteiger charge is -2.28. The quantitative estimate of drug-likeness (QED) is 0.794. The molecule has 2 rings (SSSR count). The predicted molar refractivity (Wildman–Crippen MR) is 86.6 cm³/mol. The molecule has 22 heavy (non-hydrogen) atoms. The third-order valence-corrected chi connectivity index (χ3v) is 4.28. The van der Waals surface area contributed by atoms with Crippen LogP contribution in [0.2, 0.25) is 0 Å². The van der Waals surface area contributed by atoms with Crippen molar-refractivity contribution in [3.8, 4) is 0 Å². The van der Waals surface area contributed by atoms with E-state index in [0.29, 0.717) is 25.2 Å². The molecular weight excluding hydrogens is 278 g/mol. The van der Waals surface area contributed by atoms with Crippen molar-refractivity contribution < 1.29 is 9.53 Å². The minimum atomic E-state index is -0.170. The molecule has 0 aromatic carbocycles. The van der Waals surface area contributed by atoms with E-state index in [1.807, 2.05) is 19.1 Å². The third-order valence-electron chi connectivity index (χ3n) is 4.28. The Hall–Kier alpha value is -1.62. The maximum atomic E-state index is 11.8. The van der Waals surface area contributed by atoms with Crippen molar-refractivity contribution in [2.24, 2.45) is 5.92 Å². The number of aromatic nitrogens is 1. The van der Waals surface area contributed by atoms with Crippen LogP contribution in [0.25, 0.3) is 0 Å². The first kappa shape index (κ1) is 16.7. The van der Waals surface area contributed by atoms with Crippen LogP contribution in [0.1, 0.15) is 51.1 Å². The lowest BCUT2D eigenvalue weighted by atomic mass is 9.88. The van der Waals surface area contributed by atoms with E-state index in [1.54, 1.807) is 12.4 Å². The van der Waals surface area contributed by atoms with Gasteiger partial charge in [0.05, 0.1) is 18.8 Å². The van der Waals surface area contributed by atoms with Gasteiger partial charge in [-0.2, -0.15) is 0 Å². The van der Waals surface area contributed by atoms with E-state index in [1.165, 1.54) is 19.3 Å². The standard InChI is InChI=1S/C17H27N3O2/c1-13-6-3-4-8-16(13)22-11-10-19-17(21)20-14(2)15-7-5-9-18-12-15/h5,7,9,12-14,16H,3-4,6,8,10-11H2,1-2H3,(H2,19,20,21)/t13-,14-,16-/m0/s1. The Labute approximate surface area is 132 Å². The summed E-state index contributed by atoms with van der Waals surface area (Å²) in [6.45, 7) is 5.30. The summed E-state index contributed by atoms with van der Waals surface area (Å²) in [6, 6.07) is 3.58. The van der Waals surface area contributed by atoms with E-state index in [9.17, 15) is 4.79 Å². The molecule has 0 radical (unpaired) electrons. The molecule has 1 heterocycles. The summed E-state index contributed by atoms with van der Waals surface area (Å²) in [5, 5.41) is 5.74.